The quantitative estimate of drug-likeness (QED) is 0.550. The number of carbonyl (C=O) groups excluding carboxylic acids is 1. The summed E-state index contributed by atoms with van der Waals surface area (Å²) < 4.78 is 4.74. The van der Waals surface area contributed by atoms with Crippen molar-refractivity contribution in [1.29, 1.82) is 0 Å². The Kier molecular flexibility index (Phi) is 8.32. The molecule has 0 saturated carbocycles. The van der Waals surface area contributed by atoms with Crippen LogP contribution in [0.25, 0.3) is 0 Å². The number of hydrogen-bond donors (Lipinski definition) is 3. The molecule has 0 aliphatic carbocycles. The van der Waals surface area contributed by atoms with Gasteiger partial charge in [-0.1, -0.05) is 13.8 Å². The second-order valence-electron chi connectivity index (χ2n) is 4.85. The van der Waals surface area contributed by atoms with Crippen molar-refractivity contribution in [2.24, 2.45) is 17.6 Å². The first-order chi connectivity index (χ1) is 8.40. The number of ether oxygens (including phenoxy) is 1. The molecule has 0 heterocycles. The molecule has 0 aromatic rings. The van der Waals surface area contributed by atoms with Crippen LogP contribution in [0, 0.1) is 11.8 Å². The lowest BCUT2D eigenvalue weighted by Gasteiger charge is -2.18. The smallest absolute Gasteiger partial charge is 0.328 e. The van der Waals surface area contributed by atoms with Crippen molar-refractivity contribution in [2.75, 3.05) is 20.3 Å². The van der Waals surface area contributed by atoms with Crippen LogP contribution in [0.15, 0.2) is 0 Å². The summed E-state index contributed by atoms with van der Waals surface area (Å²) in [5.41, 5.74) is 5.60. The van der Waals surface area contributed by atoms with Gasteiger partial charge in [0.1, 0.15) is 0 Å². The van der Waals surface area contributed by atoms with E-state index in [1.165, 1.54) is 7.11 Å². The average Bonchev–Trinajstić information content (AvgIpc) is 2.26. The number of nitrogens with one attached hydrogen (secondary N) is 1. The fourth-order valence-electron chi connectivity index (χ4n) is 1.79. The van der Waals surface area contributed by atoms with Crippen LogP contribution >= 0.6 is 0 Å². The molecule has 0 aliphatic rings. The van der Waals surface area contributed by atoms with Crippen molar-refractivity contribution in [3.05, 3.63) is 0 Å². The maximum atomic E-state index is 11.7. The van der Waals surface area contributed by atoms with Crippen molar-refractivity contribution < 1.29 is 19.4 Å². The molecule has 4 N–H and O–H groups in total. The maximum Gasteiger partial charge on any atom is 0.328 e. The van der Waals surface area contributed by atoms with Crippen LogP contribution in [0.5, 0.6) is 0 Å². The van der Waals surface area contributed by atoms with Crippen LogP contribution in [0.3, 0.4) is 0 Å². The van der Waals surface area contributed by atoms with Gasteiger partial charge >= 0.3 is 5.97 Å². The van der Waals surface area contributed by atoms with Gasteiger partial charge in [-0.2, -0.15) is 0 Å². The summed E-state index contributed by atoms with van der Waals surface area (Å²) in [7, 11) is 1.39. The molecule has 0 saturated heterocycles. The molecule has 6 heteroatoms. The minimum atomic E-state index is -1.10. The second-order valence-corrected chi connectivity index (χ2v) is 4.85. The molecule has 106 valence electrons. The van der Waals surface area contributed by atoms with E-state index in [1.807, 2.05) is 0 Å². The van der Waals surface area contributed by atoms with Crippen molar-refractivity contribution in [3.63, 3.8) is 0 Å². The molecule has 0 radical (unpaired) electrons. The van der Waals surface area contributed by atoms with Crippen LogP contribution in [-0.2, 0) is 14.3 Å². The predicted octanol–water partition coefficient (Wildman–Crippen LogP) is 0.213. The summed E-state index contributed by atoms with van der Waals surface area (Å²) >= 11 is 0. The minimum absolute atomic E-state index is 0.0431. The first-order valence-electron chi connectivity index (χ1n) is 6.11. The Bertz CT molecular complexity index is 269. The van der Waals surface area contributed by atoms with Gasteiger partial charge in [0.05, 0.1) is 6.61 Å². The van der Waals surface area contributed by atoms with E-state index in [4.69, 9.17) is 15.6 Å². The zero-order chi connectivity index (χ0) is 14.1. The number of aliphatic carboxylic acids is 1. The molecule has 18 heavy (non-hydrogen) atoms. The van der Waals surface area contributed by atoms with Crippen LogP contribution in [0.2, 0.25) is 0 Å². The van der Waals surface area contributed by atoms with E-state index in [0.29, 0.717) is 12.5 Å². The van der Waals surface area contributed by atoms with Crippen molar-refractivity contribution in [3.8, 4) is 0 Å². The molecule has 0 rings (SSSR count). The van der Waals surface area contributed by atoms with Gasteiger partial charge in [0, 0.05) is 13.5 Å². The van der Waals surface area contributed by atoms with Crippen molar-refractivity contribution in [1.82, 2.24) is 5.32 Å². The SMILES string of the molecule is COCC(NC(=O)C[C@@H](CN)CC(C)C)C(=O)O. The molecular formula is C12H24N2O4. The monoisotopic (exact) mass is 260 g/mol. The van der Waals surface area contributed by atoms with Crippen LogP contribution in [0.1, 0.15) is 26.7 Å². The molecule has 0 fully saturated rings. The number of carboxylic acid groups (broad SMARTS) is 1. The van der Waals surface area contributed by atoms with Gasteiger partial charge in [0.15, 0.2) is 6.04 Å². The average molecular weight is 260 g/mol. The summed E-state index contributed by atoms with van der Waals surface area (Å²) in [6.07, 6.45) is 1.11. The van der Waals surface area contributed by atoms with Crippen LogP contribution in [0.4, 0.5) is 0 Å². The Morgan fingerprint density at radius 1 is 1.39 bits per heavy atom. The van der Waals surface area contributed by atoms with Gasteiger partial charge < -0.3 is 20.9 Å². The Morgan fingerprint density at radius 3 is 2.39 bits per heavy atom. The van der Waals surface area contributed by atoms with Crippen molar-refractivity contribution in [2.45, 2.75) is 32.7 Å². The Balaban J connectivity index is 4.24. The lowest BCUT2D eigenvalue weighted by atomic mass is 9.94. The largest absolute Gasteiger partial charge is 0.480 e. The van der Waals surface area contributed by atoms with Gasteiger partial charge in [-0.15, -0.1) is 0 Å². The number of methoxy groups -OCH3 is 1. The molecule has 2 atom stereocenters. The lowest BCUT2D eigenvalue weighted by molar-refractivity contribution is -0.143. The first kappa shape index (κ1) is 16.9. The van der Waals surface area contributed by atoms with Gasteiger partial charge in [0.25, 0.3) is 0 Å². The molecule has 1 amide bonds. The normalized spacial score (nSPS) is 14.3. The zero-order valence-corrected chi connectivity index (χ0v) is 11.3. The van der Waals surface area contributed by atoms with E-state index in [0.717, 1.165) is 6.42 Å². The summed E-state index contributed by atoms with van der Waals surface area (Å²) in [5, 5.41) is 11.3. The molecular weight excluding hydrogens is 236 g/mol. The molecule has 0 aromatic heterocycles. The highest BCUT2D eigenvalue weighted by Gasteiger charge is 2.21. The lowest BCUT2D eigenvalue weighted by Crippen LogP contribution is -2.44. The van der Waals surface area contributed by atoms with Crippen LogP contribution in [-0.4, -0.2) is 43.3 Å². The zero-order valence-electron chi connectivity index (χ0n) is 11.3. The topological polar surface area (TPSA) is 102 Å². The van der Waals surface area contributed by atoms with Gasteiger partial charge in [0.2, 0.25) is 5.91 Å². The first-order valence-corrected chi connectivity index (χ1v) is 6.11. The second kappa shape index (κ2) is 8.88. The predicted molar refractivity (Wildman–Crippen MR) is 68.1 cm³/mol. The highest BCUT2D eigenvalue weighted by Crippen LogP contribution is 2.14. The molecule has 0 spiro atoms. The number of rotatable bonds is 9. The number of carboxylic acids is 1. The number of nitrogens with two attached hydrogens (primary N) is 1. The Morgan fingerprint density at radius 2 is 2.00 bits per heavy atom. The fourth-order valence-corrected chi connectivity index (χ4v) is 1.79. The number of hydrogen-bond acceptors (Lipinski definition) is 4. The van der Waals surface area contributed by atoms with E-state index in [1.54, 1.807) is 0 Å². The number of amides is 1. The van der Waals surface area contributed by atoms with E-state index in [2.05, 4.69) is 19.2 Å². The highest BCUT2D eigenvalue weighted by atomic mass is 16.5. The molecule has 6 nitrogen and oxygen atoms in total. The van der Waals surface area contributed by atoms with Gasteiger partial charge in [-0.25, -0.2) is 4.79 Å². The Hall–Kier alpha value is -1.14. The number of carbonyl (C=O) groups is 2. The summed E-state index contributed by atoms with van der Waals surface area (Å²) in [5.74, 6) is -0.850. The minimum Gasteiger partial charge on any atom is -0.480 e. The summed E-state index contributed by atoms with van der Waals surface area (Å²) in [6, 6.07) is -1.00. The van der Waals surface area contributed by atoms with Gasteiger partial charge in [-0.05, 0) is 24.8 Å². The van der Waals surface area contributed by atoms with Gasteiger partial charge in [-0.3, -0.25) is 4.79 Å². The summed E-state index contributed by atoms with van der Waals surface area (Å²) in [6.45, 7) is 4.50. The Labute approximate surface area is 108 Å². The molecule has 0 aromatic carbocycles. The molecule has 0 aliphatic heterocycles. The summed E-state index contributed by atoms with van der Waals surface area (Å²) in [4.78, 5) is 22.5. The molecule has 0 bridgehead atoms. The fraction of sp³-hybridized carbons (Fsp3) is 0.833. The van der Waals surface area contributed by atoms with E-state index in [9.17, 15) is 9.59 Å². The third-order valence-electron chi connectivity index (χ3n) is 2.58. The van der Waals surface area contributed by atoms with E-state index in [-0.39, 0.29) is 24.9 Å². The maximum absolute atomic E-state index is 11.7. The highest BCUT2D eigenvalue weighted by molar-refractivity contribution is 5.83. The molecule has 1 unspecified atom stereocenters. The van der Waals surface area contributed by atoms with Crippen molar-refractivity contribution >= 4 is 11.9 Å². The third-order valence-corrected chi connectivity index (χ3v) is 2.58. The van der Waals surface area contributed by atoms with E-state index >= 15 is 0 Å². The standard InChI is InChI=1S/C12H24N2O4/c1-8(2)4-9(6-13)5-11(15)14-10(7-18-3)12(16)17/h8-10H,4-7,13H2,1-3H3,(H,14,15)(H,16,17)/t9-,10?/m0/s1. The van der Waals surface area contributed by atoms with Crippen LogP contribution < -0.4 is 11.1 Å². The third kappa shape index (κ3) is 7.24. The van der Waals surface area contributed by atoms with E-state index < -0.39 is 12.0 Å².